The zero-order valence-electron chi connectivity index (χ0n) is 21.9. The van der Waals surface area contributed by atoms with Crippen LogP contribution in [0.3, 0.4) is 0 Å². The van der Waals surface area contributed by atoms with E-state index in [-0.39, 0.29) is 36.8 Å². The monoisotopic (exact) mass is 518 g/mol. The number of nitrogens with zero attached hydrogens (tertiary/aromatic N) is 3. The zero-order chi connectivity index (χ0) is 26.9. The minimum atomic E-state index is -0.708. The number of carbonyl (C=O) groups is 3. The van der Waals surface area contributed by atoms with Crippen molar-refractivity contribution in [3.63, 3.8) is 0 Å². The molecule has 2 aromatic carbocycles. The number of nitrogens with one attached hydrogen (secondary N) is 2. The molecule has 0 saturated carbocycles. The number of hydrogen-bond acceptors (Lipinski definition) is 4. The number of aryl methyl sites for hydroxylation is 1. The molecule has 9 heteroatoms. The lowest BCUT2D eigenvalue weighted by Crippen LogP contribution is -2.62. The van der Waals surface area contributed by atoms with Gasteiger partial charge in [-0.05, 0) is 42.7 Å². The van der Waals surface area contributed by atoms with Crippen molar-refractivity contribution < 1.29 is 14.4 Å². The number of nitrogens with two attached hydrogens (primary N) is 1. The number of amides is 3. The lowest BCUT2D eigenvalue weighted by atomic mass is 9.97. The Morgan fingerprint density at radius 3 is 2.24 bits per heavy atom. The fourth-order valence-corrected chi connectivity index (χ4v) is 5.24. The van der Waals surface area contributed by atoms with Gasteiger partial charge in [-0.25, -0.2) is 0 Å². The molecule has 0 radical (unpaired) electrons. The Morgan fingerprint density at radius 2 is 1.61 bits per heavy atom. The van der Waals surface area contributed by atoms with Crippen molar-refractivity contribution in [2.75, 3.05) is 39.3 Å². The third-order valence-electron chi connectivity index (χ3n) is 7.48. The highest BCUT2D eigenvalue weighted by Crippen LogP contribution is 2.19. The van der Waals surface area contributed by atoms with Crippen molar-refractivity contribution in [3.8, 4) is 0 Å². The largest absolute Gasteiger partial charge is 0.370 e. The van der Waals surface area contributed by atoms with Crippen LogP contribution in [-0.4, -0.2) is 83.7 Å². The number of piperazine rings is 1. The normalized spacial score (nSPS) is 18.5. The van der Waals surface area contributed by atoms with Crippen LogP contribution in [0.25, 0.3) is 0 Å². The minimum absolute atomic E-state index is 0.00427. The van der Waals surface area contributed by atoms with Crippen molar-refractivity contribution in [2.24, 2.45) is 11.7 Å². The highest BCUT2D eigenvalue weighted by Gasteiger charge is 2.40. The molecule has 2 aliphatic heterocycles. The van der Waals surface area contributed by atoms with E-state index in [0.29, 0.717) is 38.5 Å². The maximum Gasteiger partial charge on any atom is 0.246 e. The van der Waals surface area contributed by atoms with Crippen molar-refractivity contribution >= 4 is 23.7 Å². The summed E-state index contributed by atoms with van der Waals surface area (Å²) in [5.41, 5.74) is 7.72. The van der Waals surface area contributed by atoms with Crippen LogP contribution in [0, 0.1) is 11.3 Å². The number of piperidine rings is 1. The molecule has 2 aromatic rings. The Kier molecular flexibility index (Phi) is 9.35. The Morgan fingerprint density at radius 1 is 0.974 bits per heavy atom. The van der Waals surface area contributed by atoms with Gasteiger partial charge in [0.15, 0.2) is 5.96 Å². The maximum absolute atomic E-state index is 13.6. The van der Waals surface area contributed by atoms with Crippen LogP contribution in [0.1, 0.15) is 30.4 Å². The average Bonchev–Trinajstić information content (AvgIpc) is 2.93. The molecular formula is C29H38N6O3. The molecule has 9 nitrogen and oxygen atoms in total. The highest BCUT2D eigenvalue weighted by molar-refractivity contribution is 5.97. The lowest BCUT2D eigenvalue weighted by molar-refractivity contribution is -0.157. The minimum Gasteiger partial charge on any atom is -0.370 e. The summed E-state index contributed by atoms with van der Waals surface area (Å²) >= 11 is 0. The number of guanidine groups is 1. The third-order valence-corrected chi connectivity index (χ3v) is 7.48. The molecule has 0 aromatic heterocycles. The number of likely N-dealkylation sites (tertiary alicyclic amines) is 1. The van der Waals surface area contributed by atoms with Crippen LogP contribution in [-0.2, 0) is 27.2 Å². The number of benzene rings is 2. The summed E-state index contributed by atoms with van der Waals surface area (Å²) in [5.74, 6) is -0.176. The van der Waals surface area contributed by atoms with E-state index in [1.165, 1.54) is 10.5 Å². The summed E-state index contributed by atoms with van der Waals surface area (Å²) in [6.45, 7) is 2.28. The van der Waals surface area contributed by atoms with Crippen LogP contribution in [0.2, 0.25) is 0 Å². The van der Waals surface area contributed by atoms with Crippen LogP contribution in [0.15, 0.2) is 60.7 Å². The molecule has 0 aliphatic carbocycles. The maximum atomic E-state index is 13.6. The second-order valence-electron chi connectivity index (χ2n) is 10.2. The Balaban J connectivity index is 1.36. The third kappa shape index (κ3) is 7.34. The molecule has 2 fully saturated rings. The fourth-order valence-electron chi connectivity index (χ4n) is 5.24. The molecule has 4 N–H and O–H groups in total. The highest BCUT2D eigenvalue weighted by atomic mass is 16.2. The molecule has 1 unspecified atom stereocenters. The van der Waals surface area contributed by atoms with Gasteiger partial charge in [0.1, 0.15) is 12.6 Å². The first kappa shape index (κ1) is 27.2. The molecule has 0 spiro atoms. The lowest BCUT2D eigenvalue weighted by Gasteiger charge is -2.40. The molecule has 3 amide bonds. The van der Waals surface area contributed by atoms with Gasteiger partial charge in [0.05, 0.1) is 6.54 Å². The van der Waals surface area contributed by atoms with Gasteiger partial charge in [-0.3, -0.25) is 19.8 Å². The topological polar surface area (TPSA) is 123 Å². The SMILES string of the molecule is N=C(N)N1CCC(CNC(=O)CN2C(=O)CN(CCCc3ccccc3)C(=O)C2Cc2ccccc2)CC1. The predicted octanol–water partition coefficient (Wildman–Crippen LogP) is 1.62. The van der Waals surface area contributed by atoms with E-state index in [1.807, 2.05) is 53.4 Å². The summed E-state index contributed by atoms with van der Waals surface area (Å²) in [7, 11) is 0. The van der Waals surface area contributed by atoms with Gasteiger partial charge in [-0.15, -0.1) is 0 Å². The van der Waals surface area contributed by atoms with Gasteiger partial charge in [-0.1, -0.05) is 60.7 Å². The first-order valence-corrected chi connectivity index (χ1v) is 13.4. The van der Waals surface area contributed by atoms with E-state index >= 15 is 0 Å². The zero-order valence-corrected chi connectivity index (χ0v) is 21.9. The molecule has 2 heterocycles. The number of carbonyl (C=O) groups excluding carboxylic acids is 3. The molecule has 2 saturated heterocycles. The van der Waals surface area contributed by atoms with Crippen LogP contribution in [0.4, 0.5) is 0 Å². The van der Waals surface area contributed by atoms with E-state index in [4.69, 9.17) is 11.1 Å². The van der Waals surface area contributed by atoms with E-state index in [1.54, 1.807) is 4.90 Å². The van der Waals surface area contributed by atoms with Gasteiger partial charge in [0.25, 0.3) is 0 Å². The van der Waals surface area contributed by atoms with Gasteiger partial charge in [0, 0.05) is 32.6 Å². The molecule has 2 aliphatic rings. The standard InChI is InChI=1S/C29H38N6O3/c30-29(31)33-16-13-24(14-17-33)19-32-26(36)20-35-25(18-23-10-5-2-6-11-23)28(38)34(21-27(35)37)15-7-12-22-8-3-1-4-9-22/h1-6,8-11,24-25H,7,12-21H2,(H3,30,31)(H,32,36). The van der Waals surface area contributed by atoms with Crippen molar-refractivity contribution in [3.05, 3.63) is 71.8 Å². The molecule has 1 atom stereocenters. The predicted molar refractivity (Wildman–Crippen MR) is 146 cm³/mol. The Hall–Kier alpha value is -3.88. The summed E-state index contributed by atoms with van der Waals surface area (Å²) < 4.78 is 0. The van der Waals surface area contributed by atoms with Gasteiger partial charge in [0.2, 0.25) is 17.7 Å². The molecule has 202 valence electrons. The van der Waals surface area contributed by atoms with Crippen molar-refractivity contribution in [1.29, 1.82) is 5.41 Å². The molecule has 4 rings (SSSR count). The summed E-state index contributed by atoms with van der Waals surface area (Å²) in [6, 6.07) is 19.0. The van der Waals surface area contributed by atoms with E-state index in [0.717, 1.165) is 31.2 Å². The van der Waals surface area contributed by atoms with Gasteiger partial charge >= 0.3 is 0 Å². The fraction of sp³-hybridized carbons (Fsp3) is 0.448. The van der Waals surface area contributed by atoms with E-state index in [9.17, 15) is 14.4 Å². The summed E-state index contributed by atoms with van der Waals surface area (Å²) in [4.78, 5) is 44.6. The Bertz CT molecular complexity index is 1100. The van der Waals surface area contributed by atoms with Crippen molar-refractivity contribution in [1.82, 2.24) is 20.0 Å². The number of rotatable bonds is 10. The quantitative estimate of drug-likeness (QED) is 0.326. The second kappa shape index (κ2) is 13.1. The van der Waals surface area contributed by atoms with Crippen LogP contribution >= 0.6 is 0 Å². The van der Waals surface area contributed by atoms with Crippen LogP contribution in [0.5, 0.6) is 0 Å². The first-order valence-electron chi connectivity index (χ1n) is 13.4. The summed E-state index contributed by atoms with van der Waals surface area (Å²) in [6.07, 6.45) is 3.66. The van der Waals surface area contributed by atoms with E-state index in [2.05, 4.69) is 17.4 Å². The molecule has 38 heavy (non-hydrogen) atoms. The smallest absolute Gasteiger partial charge is 0.246 e. The van der Waals surface area contributed by atoms with Crippen LogP contribution < -0.4 is 11.1 Å². The van der Waals surface area contributed by atoms with Gasteiger partial charge < -0.3 is 25.8 Å². The average molecular weight is 519 g/mol. The first-order chi connectivity index (χ1) is 18.4. The summed E-state index contributed by atoms with van der Waals surface area (Å²) in [5, 5.41) is 10.5. The molecule has 0 bridgehead atoms. The Labute approximate surface area is 224 Å². The van der Waals surface area contributed by atoms with Crippen molar-refractivity contribution in [2.45, 2.75) is 38.1 Å². The number of hydrogen-bond donors (Lipinski definition) is 3. The second-order valence-corrected chi connectivity index (χ2v) is 10.2. The molecular weight excluding hydrogens is 480 g/mol. The van der Waals surface area contributed by atoms with E-state index < -0.39 is 6.04 Å². The van der Waals surface area contributed by atoms with Gasteiger partial charge in [-0.2, -0.15) is 0 Å².